The molecule has 2 aliphatic carbocycles. The van der Waals surface area contributed by atoms with Crippen LogP contribution in [-0.2, 0) is 20.7 Å². The number of ketones is 1. The van der Waals surface area contributed by atoms with Crippen molar-refractivity contribution in [1.82, 2.24) is 0 Å². The molecule has 3 rings (SSSR count). The normalized spacial score (nSPS) is 21.1. The van der Waals surface area contributed by atoms with E-state index in [0.29, 0.717) is 23.8 Å². The van der Waals surface area contributed by atoms with Crippen LogP contribution in [-0.4, -0.2) is 25.0 Å². The SMILES string of the molecule is CCCOC(=O)COc1cc2c(c(Cl)c1Cl)C1=CC(=O)CCC1(CC)C2. The van der Waals surface area contributed by atoms with Gasteiger partial charge in [0.05, 0.1) is 11.6 Å². The van der Waals surface area contributed by atoms with Gasteiger partial charge in [0.25, 0.3) is 0 Å². The Morgan fingerprint density at radius 2 is 2.04 bits per heavy atom. The van der Waals surface area contributed by atoms with Crippen LogP contribution < -0.4 is 4.74 Å². The molecule has 6 heteroatoms. The van der Waals surface area contributed by atoms with Gasteiger partial charge >= 0.3 is 5.97 Å². The summed E-state index contributed by atoms with van der Waals surface area (Å²) in [4.78, 5) is 23.6. The van der Waals surface area contributed by atoms with E-state index in [1.54, 1.807) is 6.08 Å². The van der Waals surface area contributed by atoms with Crippen LogP contribution in [0.2, 0.25) is 10.0 Å². The van der Waals surface area contributed by atoms with Gasteiger partial charge in [0.15, 0.2) is 12.4 Å². The van der Waals surface area contributed by atoms with Crippen LogP contribution in [0.15, 0.2) is 12.1 Å². The third-order valence-corrected chi connectivity index (χ3v) is 6.12. The van der Waals surface area contributed by atoms with Crippen molar-refractivity contribution in [1.29, 1.82) is 0 Å². The van der Waals surface area contributed by atoms with E-state index < -0.39 is 5.97 Å². The van der Waals surface area contributed by atoms with Gasteiger partial charge in [0, 0.05) is 17.4 Å². The standard InChI is InChI=1S/C20H22Cl2O4/c1-3-7-25-16(24)11-26-15-8-12-10-20(4-2)6-5-13(23)9-14(20)17(12)19(22)18(15)21/h8-9H,3-7,10-11H2,1-2H3. The Kier molecular flexibility index (Phi) is 5.64. The molecule has 1 unspecified atom stereocenters. The zero-order chi connectivity index (χ0) is 18.9. The Balaban J connectivity index is 1.91. The minimum absolute atomic E-state index is 0.0676. The van der Waals surface area contributed by atoms with Crippen LogP contribution in [0.4, 0.5) is 0 Å². The first-order valence-electron chi connectivity index (χ1n) is 8.96. The van der Waals surface area contributed by atoms with Gasteiger partial charge in [-0.05, 0) is 49.0 Å². The molecule has 4 nitrogen and oxygen atoms in total. The quantitative estimate of drug-likeness (QED) is 0.633. The molecule has 0 aliphatic heterocycles. The smallest absolute Gasteiger partial charge is 0.344 e. The fraction of sp³-hybridized carbons (Fsp3) is 0.500. The van der Waals surface area contributed by atoms with E-state index >= 15 is 0 Å². The number of hydrogen-bond donors (Lipinski definition) is 0. The molecule has 0 saturated carbocycles. The lowest BCUT2D eigenvalue weighted by atomic mass is 9.71. The van der Waals surface area contributed by atoms with Crippen LogP contribution in [0, 0.1) is 5.41 Å². The average molecular weight is 397 g/mol. The van der Waals surface area contributed by atoms with Crippen molar-refractivity contribution in [2.24, 2.45) is 5.41 Å². The number of esters is 1. The van der Waals surface area contributed by atoms with Gasteiger partial charge in [-0.2, -0.15) is 0 Å². The Labute approximate surface area is 163 Å². The molecule has 0 spiro atoms. The number of halogens is 2. The van der Waals surface area contributed by atoms with E-state index in [1.807, 2.05) is 13.0 Å². The number of carbonyl (C=O) groups excluding carboxylic acids is 2. The summed E-state index contributed by atoms with van der Waals surface area (Å²) in [6, 6.07) is 1.84. The van der Waals surface area contributed by atoms with Crippen molar-refractivity contribution in [3.63, 3.8) is 0 Å². The molecule has 0 amide bonds. The van der Waals surface area contributed by atoms with Crippen LogP contribution >= 0.6 is 23.2 Å². The molecule has 1 aromatic rings. The minimum atomic E-state index is -0.438. The van der Waals surface area contributed by atoms with E-state index in [0.717, 1.165) is 42.4 Å². The van der Waals surface area contributed by atoms with Gasteiger partial charge < -0.3 is 9.47 Å². The maximum atomic E-state index is 12.0. The van der Waals surface area contributed by atoms with Crippen LogP contribution in [0.5, 0.6) is 5.75 Å². The van der Waals surface area contributed by atoms with Crippen LogP contribution in [0.1, 0.15) is 50.7 Å². The Hall–Kier alpha value is -1.52. The molecule has 0 heterocycles. The maximum absolute atomic E-state index is 12.0. The summed E-state index contributed by atoms with van der Waals surface area (Å²) in [5.74, 6) is 0.0651. The predicted molar refractivity (Wildman–Crippen MR) is 102 cm³/mol. The summed E-state index contributed by atoms with van der Waals surface area (Å²) in [6.07, 6.45) is 5.58. The largest absolute Gasteiger partial charge is 0.480 e. The van der Waals surface area contributed by atoms with Gasteiger partial charge in [-0.25, -0.2) is 4.79 Å². The van der Waals surface area contributed by atoms with Crippen molar-refractivity contribution in [3.8, 4) is 5.75 Å². The average Bonchev–Trinajstić information content (AvgIpc) is 2.95. The van der Waals surface area contributed by atoms with E-state index in [1.165, 1.54) is 0 Å². The third kappa shape index (κ3) is 3.37. The van der Waals surface area contributed by atoms with E-state index in [-0.39, 0.29) is 22.8 Å². The molecular weight excluding hydrogens is 375 g/mol. The lowest BCUT2D eigenvalue weighted by Crippen LogP contribution is -2.24. The van der Waals surface area contributed by atoms with E-state index in [4.69, 9.17) is 32.7 Å². The number of hydrogen-bond acceptors (Lipinski definition) is 4. The molecule has 2 aliphatic rings. The first kappa shape index (κ1) is 19.2. The molecule has 0 fully saturated rings. The molecule has 0 N–H and O–H groups in total. The highest BCUT2D eigenvalue weighted by Gasteiger charge is 2.44. The molecule has 0 saturated heterocycles. The minimum Gasteiger partial charge on any atom is -0.480 e. The van der Waals surface area contributed by atoms with Crippen molar-refractivity contribution < 1.29 is 19.1 Å². The van der Waals surface area contributed by atoms with Gasteiger partial charge in [0.2, 0.25) is 0 Å². The molecule has 0 bridgehead atoms. The number of rotatable bonds is 6. The van der Waals surface area contributed by atoms with Gasteiger partial charge in [-0.15, -0.1) is 0 Å². The molecule has 1 atom stereocenters. The topological polar surface area (TPSA) is 52.6 Å². The number of fused-ring (bicyclic) bond motifs is 3. The fourth-order valence-corrected chi connectivity index (χ4v) is 4.36. The zero-order valence-corrected chi connectivity index (χ0v) is 16.5. The highest BCUT2D eigenvalue weighted by atomic mass is 35.5. The maximum Gasteiger partial charge on any atom is 0.344 e. The molecule has 140 valence electrons. The molecule has 0 radical (unpaired) electrons. The number of allylic oxidation sites excluding steroid dienone is 2. The lowest BCUT2D eigenvalue weighted by Gasteiger charge is -2.32. The second-order valence-corrected chi connectivity index (χ2v) is 7.64. The van der Waals surface area contributed by atoms with Crippen molar-refractivity contribution in [2.75, 3.05) is 13.2 Å². The molecular formula is C20H22Cl2O4. The monoisotopic (exact) mass is 396 g/mol. The van der Waals surface area contributed by atoms with E-state index in [2.05, 4.69) is 6.92 Å². The summed E-state index contributed by atoms with van der Waals surface area (Å²) in [7, 11) is 0. The lowest BCUT2D eigenvalue weighted by molar-refractivity contribution is -0.146. The first-order chi connectivity index (χ1) is 12.4. The molecule has 26 heavy (non-hydrogen) atoms. The molecule has 0 aromatic heterocycles. The highest BCUT2D eigenvalue weighted by Crippen LogP contribution is 2.57. The van der Waals surface area contributed by atoms with Crippen molar-refractivity contribution >= 4 is 40.5 Å². The third-order valence-electron chi connectivity index (χ3n) is 5.27. The fourth-order valence-electron chi connectivity index (χ4n) is 3.84. The van der Waals surface area contributed by atoms with Gasteiger partial charge in [-0.3, -0.25) is 4.79 Å². The Morgan fingerprint density at radius 1 is 1.27 bits per heavy atom. The van der Waals surface area contributed by atoms with Gasteiger partial charge in [0.1, 0.15) is 10.8 Å². The van der Waals surface area contributed by atoms with Crippen LogP contribution in [0.25, 0.3) is 5.57 Å². The summed E-state index contributed by atoms with van der Waals surface area (Å²) in [5.41, 5.74) is 2.79. The number of carbonyl (C=O) groups is 2. The predicted octanol–water partition coefficient (Wildman–Crippen LogP) is 5.02. The summed E-state index contributed by atoms with van der Waals surface area (Å²) >= 11 is 12.9. The summed E-state index contributed by atoms with van der Waals surface area (Å²) < 4.78 is 10.6. The second kappa shape index (κ2) is 7.61. The number of benzene rings is 1. The van der Waals surface area contributed by atoms with Crippen molar-refractivity contribution in [3.05, 3.63) is 33.3 Å². The Morgan fingerprint density at radius 3 is 2.73 bits per heavy atom. The van der Waals surface area contributed by atoms with E-state index in [9.17, 15) is 9.59 Å². The summed E-state index contributed by atoms with van der Waals surface area (Å²) in [6.45, 7) is 4.21. The van der Waals surface area contributed by atoms with Gasteiger partial charge in [-0.1, -0.05) is 37.0 Å². The first-order valence-corrected chi connectivity index (χ1v) is 9.72. The van der Waals surface area contributed by atoms with Crippen molar-refractivity contribution in [2.45, 2.75) is 46.0 Å². The van der Waals surface area contributed by atoms with Crippen LogP contribution in [0.3, 0.4) is 0 Å². The Bertz CT molecular complexity index is 785. The molecule has 1 aromatic carbocycles. The zero-order valence-electron chi connectivity index (χ0n) is 15.0. The second-order valence-electron chi connectivity index (χ2n) is 6.88. The summed E-state index contributed by atoms with van der Waals surface area (Å²) in [5, 5.41) is 0.650. The number of ether oxygens (including phenoxy) is 2. The highest BCUT2D eigenvalue weighted by molar-refractivity contribution is 6.44.